The minimum Gasteiger partial charge on any atom is -0.371 e. The minimum atomic E-state index is -3.10. The van der Waals surface area contributed by atoms with Crippen LogP contribution >= 0.6 is 11.6 Å². The molecule has 0 saturated carbocycles. The number of morpholine rings is 1. The number of aryl methyl sites for hydroxylation is 1. The summed E-state index contributed by atoms with van der Waals surface area (Å²) in [5, 5.41) is 3.57. The summed E-state index contributed by atoms with van der Waals surface area (Å²) in [5.74, 6) is 0.905. The van der Waals surface area contributed by atoms with E-state index >= 15 is 0 Å². The Kier molecular flexibility index (Phi) is 7.56. The fourth-order valence-corrected chi connectivity index (χ4v) is 5.77. The first-order valence-corrected chi connectivity index (χ1v) is 13.8. The molecule has 2 saturated heterocycles. The van der Waals surface area contributed by atoms with Crippen LogP contribution in [-0.2, 0) is 18.3 Å². The number of aromatic nitrogens is 4. The maximum atomic E-state index is 14.2. The smallest absolute Gasteiger partial charge is 0.328 e. The van der Waals surface area contributed by atoms with E-state index in [9.17, 15) is 18.0 Å². The molecule has 40 heavy (non-hydrogen) atoms. The van der Waals surface area contributed by atoms with E-state index in [2.05, 4.69) is 29.0 Å². The average Bonchev–Trinajstić information content (AvgIpc) is 3.45. The number of likely N-dealkylation sites (tertiary alicyclic amines) is 1. The van der Waals surface area contributed by atoms with Gasteiger partial charge in [0.2, 0.25) is 12.2 Å². The van der Waals surface area contributed by atoms with Crippen LogP contribution in [0, 0.1) is 0 Å². The lowest BCUT2D eigenvalue weighted by Gasteiger charge is -2.52. The zero-order valence-electron chi connectivity index (χ0n) is 23.3. The molecule has 0 amide bonds. The first-order chi connectivity index (χ1) is 18.8. The second-order valence-electron chi connectivity index (χ2n) is 11.5. The molecule has 218 valence electrons. The van der Waals surface area contributed by atoms with Crippen molar-refractivity contribution in [2.24, 2.45) is 7.05 Å². The Bertz CT molecular complexity index is 1460. The lowest BCUT2D eigenvalue weighted by molar-refractivity contribution is -0.0874. The summed E-state index contributed by atoms with van der Waals surface area (Å²) in [4.78, 5) is 25.6. The summed E-state index contributed by atoms with van der Waals surface area (Å²) in [5.41, 5.74) is 0.754. The predicted octanol–water partition coefficient (Wildman–Crippen LogP) is 4.95. The highest BCUT2D eigenvalue weighted by Crippen LogP contribution is 2.38. The number of benzene rings is 1. The third-order valence-corrected chi connectivity index (χ3v) is 8.92. The Morgan fingerprint density at radius 1 is 1.18 bits per heavy atom. The monoisotopic (exact) mass is 581 g/mol. The van der Waals surface area contributed by atoms with E-state index in [0.717, 1.165) is 4.90 Å². The molecule has 2 fully saturated rings. The van der Waals surface area contributed by atoms with Crippen LogP contribution in [0.2, 0.25) is 5.02 Å². The molecule has 1 aromatic carbocycles. The molecule has 1 N–H and O–H groups in total. The summed E-state index contributed by atoms with van der Waals surface area (Å²) in [6.07, 6.45) is -2.78. The predicted molar refractivity (Wildman–Crippen MR) is 150 cm³/mol. The summed E-state index contributed by atoms with van der Waals surface area (Å²) >= 11 is 6.48. The number of halogens is 4. The molecule has 2 aliphatic heterocycles. The van der Waals surface area contributed by atoms with Crippen molar-refractivity contribution < 1.29 is 17.9 Å². The van der Waals surface area contributed by atoms with Crippen LogP contribution in [0.15, 0.2) is 29.2 Å². The zero-order chi connectivity index (χ0) is 29.0. The maximum Gasteiger partial charge on any atom is 0.328 e. The van der Waals surface area contributed by atoms with E-state index < -0.39 is 29.9 Å². The van der Waals surface area contributed by atoms with Gasteiger partial charge in [-0.3, -0.25) is 14.0 Å². The van der Waals surface area contributed by atoms with Crippen LogP contribution in [0.5, 0.6) is 0 Å². The number of alkyl halides is 3. The van der Waals surface area contributed by atoms with Crippen LogP contribution in [0.3, 0.4) is 0 Å². The molecule has 0 spiro atoms. The molecule has 4 heterocycles. The van der Waals surface area contributed by atoms with E-state index in [0.29, 0.717) is 59.5 Å². The van der Waals surface area contributed by atoms with E-state index in [4.69, 9.17) is 21.3 Å². The van der Waals surface area contributed by atoms with Crippen molar-refractivity contribution in [1.29, 1.82) is 0 Å². The maximum absolute atomic E-state index is 14.2. The van der Waals surface area contributed by atoms with Gasteiger partial charge in [-0.25, -0.2) is 22.9 Å². The average molecular weight is 582 g/mol. The zero-order valence-corrected chi connectivity index (χ0v) is 24.1. The van der Waals surface area contributed by atoms with Gasteiger partial charge in [-0.15, -0.1) is 0 Å². The van der Waals surface area contributed by atoms with E-state index in [-0.39, 0.29) is 18.8 Å². The minimum absolute atomic E-state index is 0.104. The van der Waals surface area contributed by atoms with Crippen molar-refractivity contribution in [2.75, 3.05) is 29.9 Å². The number of nitrogens with one attached hydrogen (secondary N) is 1. The van der Waals surface area contributed by atoms with E-state index in [1.54, 1.807) is 25.4 Å². The summed E-state index contributed by atoms with van der Waals surface area (Å²) in [6.45, 7) is 9.72. The van der Waals surface area contributed by atoms with Crippen LogP contribution in [0.25, 0.3) is 11.0 Å². The van der Waals surface area contributed by atoms with Gasteiger partial charge in [0.25, 0.3) is 6.43 Å². The topological polar surface area (TPSA) is 80.5 Å². The fourth-order valence-electron chi connectivity index (χ4n) is 5.63. The molecule has 0 radical (unpaired) electrons. The van der Waals surface area contributed by atoms with Crippen molar-refractivity contribution in [3.63, 3.8) is 0 Å². The van der Waals surface area contributed by atoms with Crippen molar-refractivity contribution in [2.45, 2.75) is 77.0 Å². The largest absolute Gasteiger partial charge is 0.371 e. The summed E-state index contributed by atoms with van der Waals surface area (Å²) < 4.78 is 49.5. The number of fused-ring (bicyclic) bond motifs is 1. The Morgan fingerprint density at radius 2 is 1.93 bits per heavy atom. The lowest BCUT2D eigenvalue weighted by atomic mass is 9.83. The fraction of sp³-hybridized carbons (Fsp3) is 0.593. The second kappa shape index (κ2) is 10.5. The Morgan fingerprint density at radius 3 is 2.65 bits per heavy atom. The number of hydrogen-bond acceptors (Lipinski definition) is 7. The van der Waals surface area contributed by atoms with Gasteiger partial charge in [0.15, 0.2) is 5.82 Å². The first-order valence-electron chi connectivity index (χ1n) is 13.4. The Balaban J connectivity index is 1.46. The number of ether oxygens (including phenoxy) is 1. The molecule has 5 rings (SSSR count). The molecule has 9 nitrogen and oxygen atoms in total. The van der Waals surface area contributed by atoms with Crippen LogP contribution < -0.4 is 15.9 Å². The van der Waals surface area contributed by atoms with Crippen LogP contribution in [0.4, 0.5) is 30.6 Å². The van der Waals surface area contributed by atoms with Gasteiger partial charge in [-0.2, -0.15) is 4.98 Å². The van der Waals surface area contributed by atoms with Crippen LogP contribution in [0.1, 0.15) is 40.5 Å². The van der Waals surface area contributed by atoms with Gasteiger partial charge in [0.05, 0.1) is 35.0 Å². The molecule has 0 bridgehead atoms. The highest BCUT2D eigenvalue weighted by Gasteiger charge is 2.47. The van der Waals surface area contributed by atoms with Crippen molar-refractivity contribution in [3.05, 3.63) is 39.9 Å². The Labute approximate surface area is 235 Å². The number of hydrogen-bond donors (Lipinski definition) is 1. The quantitative estimate of drug-likeness (QED) is 0.396. The van der Waals surface area contributed by atoms with E-state index in [1.165, 1.54) is 9.13 Å². The molecule has 2 atom stereocenters. The third-order valence-electron chi connectivity index (χ3n) is 8.65. The normalized spacial score (nSPS) is 21.9. The van der Waals surface area contributed by atoms with Gasteiger partial charge in [-0.1, -0.05) is 11.6 Å². The standard InChI is InChI=1S/C27H35ClF3N7O2/c1-26(2)27(3,4)40-12-11-38(26)24-32-14-18(28)23(34-24)33-16-8-9-19-20(13-16)37(25(39)35(19)5)15-17-7-6-10-36(17)22(31)21(29)30/h8-9,13-14,17,21-22H,6-7,10-12,15H2,1-5H3,(H,32,33,34). The first kappa shape index (κ1) is 28.7. The third kappa shape index (κ3) is 4.94. The summed E-state index contributed by atoms with van der Waals surface area (Å²) in [7, 11) is 1.65. The molecular formula is C27H35ClF3N7O2. The molecule has 2 aliphatic rings. The molecule has 2 aromatic heterocycles. The lowest BCUT2D eigenvalue weighted by Crippen LogP contribution is -2.64. The molecule has 0 aliphatic carbocycles. The van der Waals surface area contributed by atoms with Gasteiger partial charge in [0, 0.05) is 38.4 Å². The van der Waals surface area contributed by atoms with Gasteiger partial charge >= 0.3 is 5.69 Å². The van der Waals surface area contributed by atoms with Gasteiger partial charge in [0.1, 0.15) is 5.02 Å². The number of nitrogens with zero attached hydrogens (tertiary/aromatic N) is 6. The molecule has 2 unspecified atom stereocenters. The van der Waals surface area contributed by atoms with Crippen molar-refractivity contribution >= 4 is 40.1 Å². The molecule has 3 aromatic rings. The molecule has 13 heteroatoms. The number of rotatable bonds is 7. The van der Waals surface area contributed by atoms with E-state index in [1.807, 2.05) is 19.9 Å². The number of anilines is 3. The molecular weight excluding hydrogens is 547 g/mol. The highest BCUT2D eigenvalue weighted by molar-refractivity contribution is 6.32. The summed E-state index contributed by atoms with van der Waals surface area (Å²) in [6, 6.07) is 4.88. The second-order valence-corrected chi connectivity index (χ2v) is 11.9. The highest BCUT2D eigenvalue weighted by atomic mass is 35.5. The SMILES string of the molecule is Cn1c(=O)n(CC2CCCN2C(F)C(F)F)c2cc(Nc3nc(N4CCOC(C)(C)C4(C)C)ncc3Cl)ccc21. The van der Waals surface area contributed by atoms with Gasteiger partial charge < -0.3 is 15.0 Å². The number of imidazole rings is 1. The van der Waals surface area contributed by atoms with Crippen molar-refractivity contribution in [1.82, 2.24) is 24.0 Å². The Hall–Kier alpha value is -2.83. The van der Waals surface area contributed by atoms with Gasteiger partial charge in [-0.05, 0) is 58.7 Å². The van der Waals surface area contributed by atoms with Crippen molar-refractivity contribution in [3.8, 4) is 0 Å². The van der Waals surface area contributed by atoms with Crippen LogP contribution in [-0.4, -0.2) is 73.6 Å².